The number of carbonyl (C=O) groups is 1. The summed E-state index contributed by atoms with van der Waals surface area (Å²) in [6.07, 6.45) is 8.33. The van der Waals surface area contributed by atoms with Crippen molar-refractivity contribution in [3.8, 4) is 0 Å². The number of aryl methyl sites for hydroxylation is 1. The third kappa shape index (κ3) is 5.31. The van der Waals surface area contributed by atoms with Gasteiger partial charge in [-0.05, 0) is 63.4 Å². The summed E-state index contributed by atoms with van der Waals surface area (Å²) in [5.74, 6) is -0.163. The molecule has 4 heteroatoms. The lowest BCUT2D eigenvalue weighted by molar-refractivity contribution is 0.0976. The second-order valence-electron chi connectivity index (χ2n) is 5.43. The van der Waals surface area contributed by atoms with Gasteiger partial charge in [0.05, 0.1) is 0 Å². The maximum absolute atomic E-state index is 12.0. The molecule has 21 heavy (non-hydrogen) atoms. The summed E-state index contributed by atoms with van der Waals surface area (Å²) < 4.78 is 0. The van der Waals surface area contributed by atoms with E-state index in [1.807, 2.05) is 19.1 Å². The monoisotopic (exact) mass is 302 g/mol. The first-order valence-corrected chi connectivity index (χ1v) is 7.90. The van der Waals surface area contributed by atoms with Gasteiger partial charge in [-0.25, -0.2) is 0 Å². The average molecular weight is 302 g/mol. The van der Waals surface area contributed by atoms with Gasteiger partial charge in [0.2, 0.25) is 0 Å². The Morgan fingerprint density at radius 3 is 2.67 bits per heavy atom. The standard InChI is InChI=1S/C17H22N2OS/c1-13-7-9-15(10-8-13)16(20)19-17(21)18-12-11-14-5-3-2-4-6-14/h5,7-10H,2-4,6,11-12H2,1H3,(H2,18,19,20,21). The zero-order chi connectivity index (χ0) is 15.1. The van der Waals surface area contributed by atoms with E-state index >= 15 is 0 Å². The molecule has 2 N–H and O–H groups in total. The summed E-state index contributed by atoms with van der Waals surface area (Å²) >= 11 is 5.16. The van der Waals surface area contributed by atoms with Crippen molar-refractivity contribution in [2.45, 2.75) is 39.0 Å². The molecule has 3 nitrogen and oxygen atoms in total. The highest BCUT2D eigenvalue weighted by Gasteiger charge is 2.08. The Hall–Kier alpha value is -1.68. The Morgan fingerprint density at radius 2 is 2.00 bits per heavy atom. The van der Waals surface area contributed by atoms with E-state index < -0.39 is 0 Å². The van der Waals surface area contributed by atoms with Gasteiger partial charge in [-0.2, -0.15) is 0 Å². The highest BCUT2D eigenvalue weighted by molar-refractivity contribution is 7.80. The summed E-state index contributed by atoms with van der Waals surface area (Å²) in [6, 6.07) is 7.45. The van der Waals surface area contributed by atoms with Crippen molar-refractivity contribution in [2.24, 2.45) is 0 Å². The molecule has 0 saturated carbocycles. The molecule has 1 aromatic carbocycles. The fourth-order valence-electron chi connectivity index (χ4n) is 2.39. The Bertz CT molecular complexity index is 534. The smallest absolute Gasteiger partial charge is 0.257 e. The summed E-state index contributed by atoms with van der Waals surface area (Å²) in [7, 11) is 0. The predicted octanol–water partition coefficient (Wildman–Crippen LogP) is 3.49. The van der Waals surface area contributed by atoms with Crippen molar-refractivity contribution < 1.29 is 4.79 Å². The van der Waals surface area contributed by atoms with Gasteiger partial charge in [-0.3, -0.25) is 10.1 Å². The van der Waals surface area contributed by atoms with Gasteiger partial charge in [-0.15, -0.1) is 0 Å². The van der Waals surface area contributed by atoms with Crippen LogP contribution in [-0.2, 0) is 0 Å². The number of nitrogens with one attached hydrogen (secondary N) is 2. The van der Waals surface area contributed by atoms with Crippen LogP contribution in [0.2, 0.25) is 0 Å². The van der Waals surface area contributed by atoms with Crippen LogP contribution >= 0.6 is 12.2 Å². The first-order chi connectivity index (χ1) is 10.1. The number of benzene rings is 1. The van der Waals surface area contributed by atoms with Crippen LogP contribution in [0.3, 0.4) is 0 Å². The van der Waals surface area contributed by atoms with Crippen LogP contribution in [0.4, 0.5) is 0 Å². The molecule has 1 aliphatic rings. The fourth-order valence-corrected chi connectivity index (χ4v) is 2.59. The minimum atomic E-state index is -0.163. The van der Waals surface area contributed by atoms with Crippen LogP contribution in [-0.4, -0.2) is 17.6 Å². The lowest BCUT2D eigenvalue weighted by Gasteiger charge is -2.14. The van der Waals surface area contributed by atoms with Crippen LogP contribution in [0.1, 0.15) is 48.0 Å². The molecule has 1 aromatic rings. The fraction of sp³-hybridized carbons (Fsp3) is 0.412. The molecule has 0 heterocycles. The second kappa shape index (κ2) is 7.93. The van der Waals surface area contributed by atoms with Crippen LogP contribution in [0, 0.1) is 6.92 Å². The first kappa shape index (κ1) is 15.7. The maximum atomic E-state index is 12.0. The molecule has 2 rings (SSSR count). The Kier molecular flexibility index (Phi) is 5.93. The van der Waals surface area contributed by atoms with E-state index in [9.17, 15) is 4.79 Å². The largest absolute Gasteiger partial charge is 0.362 e. The Balaban J connectivity index is 1.72. The van der Waals surface area contributed by atoms with Crippen molar-refractivity contribution >= 4 is 23.2 Å². The highest BCUT2D eigenvalue weighted by Crippen LogP contribution is 2.19. The quantitative estimate of drug-likeness (QED) is 0.661. The molecule has 0 atom stereocenters. The van der Waals surface area contributed by atoms with Gasteiger partial charge in [0.1, 0.15) is 0 Å². The summed E-state index contributed by atoms with van der Waals surface area (Å²) in [5.41, 5.74) is 3.26. The third-order valence-corrected chi connectivity index (χ3v) is 3.90. The molecule has 0 unspecified atom stereocenters. The zero-order valence-electron chi connectivity index (χ0n) is 12.4. The van der Waals surface area contributed by atoms with Crippen molar-refractivity contribution in [3.05, 3.63) is 47.0 Å². The van der Waals surface area contributed by atoms with Crippen LogP contribution in [0.5, 0.6) is 0 Å². The number of allylic oxidation sites excluding steroid dienone is 1. The van der Waals surface area contributed by atoms with Crippen molar-refractivity contribution in [1.29, 1.82) is 0 Å². The molecular weight excluding hydrogens is 280 g/mol. The van der Waals surface area contributed by atoms with E-state index in [0.29, 0.717) is 10.7 Å². The molecule has 1 aliphatic carbocycles. The van der Waals surface area contributed by atoms with Crippen molar-refractivity contribution in [2.75, 3.05) is 6.54 Å². The average Bonchev–Trinajstić information content (AvgIpc) is 2.49. The summed E-state index contributed by atoms with van der Waals surface area (Å²) in [4.78, 5) is 12.0. The van der Waals surface area contributed by atoms with Gasteiger partial charge in [0.15, 0.2) is 5.11 Å². The van der Waals surface area contributed by atoms with Crippen molar-refractivity contribution in [1.82, 2.24) is 10.6 Å². The van der Waals surface area contributed by atoms with Crippen molar-refractivity contribution in [3.63, 3.8) is 0 Å². The minimum absolute atomic E-state index is 0.163. The lowest BCUT2D eigenvalue weighted by atomic mass is 9.97. The van der Waals surface area contributed by atoms with E-state index in [0.717, 1.165) is 18.5 Å². The van der Waals surface area contributed by atoms with Crippen LogP contribution < -0.4 is 10.6 Å². The normalized spacial score (nSPS) is 14.2. The van der Waals surface area contributed by atoms with E-state index in [-0.39, 0.29) is 5.91 Å². The summed E-state index contributed by atoms with van der Waals surface area (Å²) in [6.45, 7) is 2.77. The molecule has 0 radical (unpaired) electrons. The van der Waals surface area contributed by atoms with Crippen LogP contribution in [0.15, 0.2) is 35.9 Å². The number of rotatable bonds is 4. The molecule has 0 saturated heterocycles. The van der Waals surface area contributed by atoms with Gasteiger partial charge in [-0.1, -0.05) is 29.3 Å². The SMILES string of the molecule is Cc1ccc(C(=O)NC(=S)NCCC2=CCCCC2)cc1. The number of carbonyl (C=O) groups excluding carboxylic acids is 1. The summed E-state index contributed by atoms with van der Waals surface area (Å²) in [5, 5.41) is 6.22. The van der Waals surface area contributed by atoms with Gasteiger partial charge >= 0.3 is 0 Å². The van der Waals surface area contributed by atoms with E-state index in [2.05, 4.69) is 16.7 Å². The van der Waals surface area contributed by atoms with E-state index in [1.54, 1.807) is 12.1 Å². The molecule has 112 valence electrons. The maximum Gasteiger partial charge on any atom is 0.257 e. The zero-order valence-corrected chi connectivity index (χ0v) is 13.3. The van der Waals surface area contributed by atoms with E-state index in [4.69, 9.17) is 12.2 Å². The third-order valence-electron chi connectivity index (χ3n) is 3.66. The predicted molar refractivity (Wildman–Crippen MR) is 90.4 cm³/mol. The molecule has 0 aromatic heterocycles. The second-order valence-corrected chi connectivity index (χ2v) is 5.84. The minimum Gasteiger partial charge on any atom is -0.362 e. The number of thiocarbonyl (C=S) groups is 1. The lowest BCUT2D eigenvalue weighted by Crippen LogP contribution is -2.39. The molecule has 1 amide bonds. The molecular formula is C17H22N2OS. The first-order valence-electron chi connectivity index (χ1n) is 7.49. The van der Waals surface area contributed by atoms with Gasteiger partial charge in [0.25, 0.3) is 5.91 Å². The van der Waals surface area contributed by atoms with Gasteiger partial charge < -0.3 is 5.32 Å². The highest BCUT2D eigenvalue weighted by atomic mass is 32.1. The number of hydrogen-bond acceptors (Lipinski definition) is 2. The van der Waals surface area contributed by atoms with Crippen LogP contribution in [0.25, 0.3) is 0 Å². The Labute approximate surface area is 131 Å². The van der Waals surface area contributed by atoms with Gasteiger partial charge in [0, 0.05) is 12.1 Å². The topological polar surface area (TPSA) is 41.1 Å². The number of amides is 1. The molecule has 0 fully saturated rings. The number of hydrogen-bond donors (Lipinski definition) is 2. The molecule has 0 spiro atoms. The molecule has 0 bridgehead atoms. The molecule has 0 aliphatic heterocycles. The van der Waals surface area contributed by atoms with E-state index in [1.165, 1.54) is 31.3 Å². The Morgan fingerprint density at radius 1 is 1.24 bits per heavy atom.